The van der Waals surface area contributed by atoms with Gasteiger partial charge >= 0.3 is 0 Å². The van der Waals surface area contributed by atoms with Crippen LogP contribution >= 0.6 is 0 Å². The molecule has 3 heteroatoms. The maximum Gasteiger partial charge on any atom is 0.0280 e. The van der Waals surface area contributed by atoms with Crippen molar-refractivity contribution < 1.29 is 0 Å². The average molecular weight is 239 g/mol. The van der Waals surface area contributed by atoms with E-state index in [1.807, 2.05) is 0 Å². The molecule has 2 aliphatic heterocycles. The Kier molecular flexibility index (Phi) is 4.45. The lowest BCUT2D eigenvalue weighted by molar-refractivity contribution is 0.132. The van der Waals surface area contributed by atoms with Crippen LogP contribution in [0.4, 0.5) is 0 Å². The molecule has 2 fully saturated rings. The predicted molar refractivity (Wildman–Crippen MR) is 73.4 cm³/mol. The van der Waals surface area contributed by atoms with Gasteiger partial charge in [0.1, 0.15) is 0 Å². The van der Waals surface area contributed by atoms with Gasteiger partial charge in [0.25, 0.3) is 0 Å². The summed E-state index contributed by atoms with van der Waals surface area (Å²) in [5, 5.41) is 3.67. The van der Waals surface area contributed by atoms with Crippen molar-refractivity contribution in [2.75, 3.05) is 46.8 Å². The molecule has 1 unspecified atom stereocenters. The zero-order chi connectivity index (χ0) is 12.3. The molecule has 2 saturated heterocycles. The molecule has 100 valence electrons. The smallest absolute Gasteiger partial charge is 0.0280 e. The number of rotatable bonds is 4. The molecular formula is C14H29N3. The molecule has 2 heterocycles. The van der Waals surface area contributed by atoms with Crippen LogP contribution in [-0.2, 0) is 0 Å². The highest BCUT2D eigenvalue weighted by molar-refractivity contribution is 4.92. The van der Waals surface area contributed by atoms with E-state index in [1.165, 1.54) is 58.4 Å². The summed E-state index contributed by atoms with van der Waals surface area (Å²) < 4.78 is 0. The van der Waals surface area contributed by atoms with Crippen molar-refractivity contribution in [3.05, 3.63) is 0 Å². The Hall–Kier alpha value is -0.120. The molecule has 0 aromatic carbocycles. The predicted octanol–water partition coefficient (Wildman–Crippen LogP) is 1.40. The van der Waals surface area contributed by atoms with Gasteiger partial charge in [-0.3, -0.25) is 0 Å². The summed E-state index contributed by atoms with van der Waals surface area (Å²) in [6, 6.07) is 0. The first-order chi connectivity index (χ1) is 8.07. The summed E-state index contributed by atoms with van der Waals surface area (Å²) >= 11 is 0. The molecule has 0 aromatic heterocycles. The minimum atomic E-state index is 0.397. The molecular weight excluding hydrogens is 210 g/mol. The molecule has 0 saturated carbocycles. The van der Waals surface area contributed by atoms with Crippen molar-refractivity contribution in [1.82, 2.24) is 15.1 Å². The molecule has 1 N–H and O–H groups in total. The van der Waals surface area contributed by atoms with Gasteiger partial charge in [-0.15, -0.1) is 0 Å². The van der Waals surface area contributed by atoms with Gasteiger partial charge in [0.05, 0.1) is 0 Å². The summed E-state index contributed by atoms with van der Waals surface area (Å²) in [5.74, 6) is 0.922. The minimum Gasteiger partial charge on any atom is -0.310 e. The van der Waals surface area contributed by atoms with E-state index in [1.54, 1.807) is 0 Å². The van der Waals surface area contributed by atoms with E-state index in [0.29, 0.717) is 5.54 Å². The van der Waals surface area contributed by atoms with Gasteiger partial charge in [0.15, 0.2) is 0 Å². The van der Waals surface area contributed by atoms with Crippen molar-refractivity contribution in [1.29, 1.82) is 0 Å². The average Bonchev–Trinajstić information content (AvgIpc) is 2.67. The van der Waals surface area contributed by atoms with Crippen molar-refractivity contribution in [3.63, 3.8) is 0 Å². The fourth-order valence-corrected chi connectivity index (χ4v) is 3.43. The van der Waals surface area contributed by atoms with Crippen molar-refractivity contribution in [2.24, 2.45) is 5.92 Å². The first kappa shape index (κ1) is 13.3. The Morgan fingerprint density at radius 2 is 2.00 bits per heavy atom. The molecule has 0 radical (unpaired) electrons. The standard InChI is InChI=1S/C14H29N3/c1-14(7-4-8-15-14)12-17-9-5-13(6-10-17)11-16(2)3/h13,15H,4-12H2,1-3H3. The third kappa shape index (κ3) is 3.94. The second-order valence-corrected chi connectivity index (χ2v) is 6.57. The lowest BCUT2D eigenvalue weighted by Crippen LogP contribution is -2.50. The van der Waals surface area contributed by atoms with Crippen LogP contribution in [0.5, 0.6) is 0 Å². The van der Waals surface area contributed by atoms with Gasteiger partial charge in [-0.05, 0) is 72.3 Å². The van der Waals surface area contributed by atoms with Crippen LogP contribution in [0.3, 0.4) is 0 Å². The molecule has 17 heavy (non-hydrogen) atoms. The number of nitrogens with one attached hydrogen (secondary N) is 1. The molecule has 2 aliphatic rings. The van der Waals surface area contributed by atoms with E-state index in [9.17, 15) is 0 Å². The Labute approximate surface area is 107 Å². The lowest BCUT2D eigenvalue weighted by atomic mass is 9.93. The zero-order valence-corrected chi connectivity index (χ0v) is 11.8. The maximum absolute atomic E-state index is 3.67. The topological polar surface area (TPSA) is 18.5 Å². The van der Waals surface area contributed by atoms with Gasteiger partial charge < -0.3 is 15.1 Å². The fraction of sp³-hybridized carbons (Fsp3) is 1.00. The Morgan fingerprint density at radius 3 is 2.53 bits per heavy atom. The molecule has 0 aliphatic carbocycles. The molecule has 0 spiro atoms. The van der Waals surface area contributed by atoms with Crippen LogP contribution in [0.2, 0.25) is 0 Å². The third-order valence-electron chi connectivity index (χ3n) is 4.36. The van der Waals surface area contributed by atoms with E-state index < -0.39 is 0 Å². The van der Waals surface area contributed by atoms with Crippen molar-refractivity contribution in [2.45, 2.75) is 38.1 Å². The van der Waals surface area contributed by atoms with E-state index >= 15 is 0 Å². The van der Waals surface area contributed by atoms with Crippen LogP contribution < -0.4 is 5.32 Å². The number of hydrogen-bond acceptors (Lipinski definition) is 3. The number of likely N-dealkylation sites (tertiary alicyclic amines) is 1. The monoisotopic (exact) mass is 239 g/mol. The summed E-state index contributed by atoms with van der Waals surface area (Å²) in [4.78, 5) is 5.00. The Balaban J connectivity index is 1.71. The zero-order valence-electron chi connectivity index (χ0n) is 11.8. The van der Waals surface area contributed by atoms with Crippen LogP contribution in [-0.4, -0.2) is 62.2 Å². The Morgan fingerprint density at radius 1 is 1.29 bits per heavy atom. The molecule has 3 nitrogen and oxygen atoms in total. The largest absolute Gasteiger partial charge is 0.310 e. The second kappa shape index (κ2) is 5.68. The van der Waals surface area contributed by atoms with E-state index in [2.05, 4.69) is 36.1 Å². The van der Waals surface area contributed by atoms with Crippen molar-refractivity contribution in [3.8, 4) is 0 Å². The van der Waals surface area contributed by atoms with Crippen molar-refractivity contribution >= 4 is 0 Å². The minimum absolute atomic E-state index is 0.397. The summed E-state index contributed by atoms with van der Waals surface area (Å²) in [5.41, 5.74) is 0.397. The van der Waals surface area contributed by atoms with Crippen LogP contribution in [0, 0.1) is 5.92 Å². The first-order valence-electron chi connectivity index (χ1n) is 7.19. The summed E-state index contributed by atoms with van der Waals surface area (Å²) in [6.07, 6.45) is 5.47. The number of piperidine rings is 1. The highest BCUT2D eigenvalue weighted by atomic mass is 15.2. The van der Waals surface area contributed by atoms with Crippen LogP contribution in [0.1, 0.15) is 32.6 Å². The number of hydrogen-bond donors (Lipinski definition) is 1. The SMILES string of the molecule is CN(C)CC1CCN(CC2(C)CCCN2)CC1. The van der Waals surface area contributed by atoms with Gasteiger partial charge in [-0.1, -0.05) is 0 Å². The van der Waals surface area contributed by atoms with E-state index in [-0.39, 0.29) is 0 Å². The quantitative estimate of drug-likeness (QED) is 0.800. The maximum atomic E-state index is 3.67. The van der Waals surface area contributed by atoms with E-state index in [4.69, 9.17) is 0 Å². The summed E-state index contributed by atoms with van der Waals surface area (Å²) in [6.45, 7) is 8.73. The molecule has 1 atom stereocenters. The van der Waals surface area contributed by atoms with Gasteiger partial charge in [-0.2, -0.15) is 0 Å². The lowest BCUT2D eigenvalue weighted by Gasteiger charge is -2.38. The highest BCUT2D eigenvalue weighted by Gasteiger charge is 2.31. The molecule has 0 aromatic rings. The third-order valence-corrected chi connectivity index (χ3v) is 4.36. The highest BCUT2D eigenvalue weighted by Crippen LogP contribution is 2.23. The second-order valence-electron chi connectivity index (χ2n) is 6.57. The summed E-state index contributed by atoms with van der Waals surface area (Å²) in [7, 11) is 4.38. The molecule has 2 rings (SSSR count). The van der Waals surface area contributed by atoms with Gasteiger partial charge in [0, 0.05) is 18.6 Å². The number of nitrogens with zero attached hydrogens (tertiary/aromatic N) is 2. The first-order valence-corrected chi connectivity index (χ1v) is 7.19. The molecule has 0 bridgehead atoms. The van der Waals surface area contributed by atoms with Crippen LogP contribution in [0.15, 0.2) is 0 Å². The van der Waals surface area contributed by atoms with Gasteiger partial charge in [-0.25, -0.2) is 0 Å². The molecule has 0 amide bonds. The van der Waals surface area contributed by atoms with E-state index in [0.717, 1.165) is 5.92 Å². The fourth-order valence-electron chi connectivity index (χ4n) is 3.43. The van der Waals surface area contributed by atoms with Crippen LogP contribution in [0.25, 0.3) is 0 Å². The Bertz CT molecular complexity index is 226. The van der Waals surface area contributed by atoms with Gasteiger partial charge in [0.2, 0.25) is 0 Å². The normalized spacial score (nSPS) is 32.5.